The summed E-state index contributed by atoms with van der Waals surface area (Å²) >= 11 is 0. The summed E-state index contributed by atoms with van der Waals surface area (Å²) in [5, 5.41) is 7.52. The van der Waals surface area contributed by atoms with E-state index in [-0.39, 0.29) is 11.8 Å². The first-order valence-corrected chi connectivity index (χ1v) is 9.30. The minimum absolute atomic E-state index is 0.0647. The number of rotatable bonds is 5. The van der Waals surface area contributed by atoms with Crippen LogP contribution >= 0.6 is 0 Å². The Morgan fingerprint density at radius 1 is 1.03 bits per heavy atom. The molecule has 4 rings (SSSR count). The lowest BCUT2D eigenvalue weighted by Crippen LogP contribution is -2.24. The van der Waals surface area contributed by atoms with E-state index in [9.17, 15) is 4.79 Å². The zero-order valence-electron chi connectivity index (χ0n) is 16.9. The van der Waals surface area contributed by atoms with Gasteiger partial charge in [-0.1, -0.05) is 17.7 Å². The third-order valence-corrected chi connectivity index (χ3v) is 5.19. The van der Waals surface area contributed by atoms with Crippen LogP contribution in [-0.4, -0.2) is 37.0 Å². The molecule has 0 spiro atoms. The maximum atomic E-state index is 12.5. The molecule has 1 aliphatic rings. The monoisotopic (exact) mass is 393 g/mol. The van der Waals surface area contributed by atoms with Crippen LogP contribution in [0.25, 0.3) is 5.69 Å². The molecule has 0 saturated heterocycles. The predicted octanol–water partition coefficient (Wildman–Crippen LogP) is 3.68. The van der Waals surface area contributed by atoms with Gasteiger partial charge < -0.3 is 19.5 Å². The number of hydrogen-bond donors (Lipinski definition) is 1. The van der Waals surface area contributed by atoms with Crippen LogP contribution in [0.15, 0.2) is 42.6 Å². The van der Waals surface area contributed by atoms with E-state index in [1.54, 1.807) is 26.0 Å². The van der Waals surface area contributed by atoms with Crippen molar-refractivity contribution in [3.63, 3.8) is 0 Å². The summed E-state index contributed by atoms with van der Waals surface area (Å²) in [6, 6.07) is 11.8. The molecule has 1 atom stereocenters. The average molecular weight is 393 g/mol. The molecule has 1 N–H and O–H groups in total. The zero-order chi connectivity index (χ0) is 20.5. The fourth-order valence-corrected chi connectivity index (χ4v) is 3.70. The molecule has 0 unspecified atom stereocenters. The van der Waals surface area contributed by atoms with Crippen LogP contribution in [0.2, 0.25) is 0 Å². The van der Waals surface area contributed by atoms with Crippen LogP contribution in [0, 0.1) is 6.92 Å². The number of carbonyl (C=O) groups is 1. The van der Waals surface area contributed by atoms with Crippen LogP contribution in [0.1, 0.15) is 29.0 Å². The van der Waals surface area contributed by atoms with E-state index < -0.39 is 0 Å². The number of aryl methyl sites for hydroxylation is 1. The largest absolute Gasteiger partial charge is 0.493 e. The van der Waals surface area contributed by atoms with E-state index in [1.807, 2.05) is 49.5 Å². The van der Waals surface area contributed by atoms with Gasteiger partial charge in [-0.25, -0.2) is 4.68 Å². The molecule has 1 aliphatic heterocycles. The van der Waals surface area contributed by atoms with E-state index in [0.717, 1.165) is 22.4 Å². The number of benzene rings is 2. The lowest BCUT2D eigenvalue weighted by molar-refractivity contribution is -0.116. The summed E-state index contributed by atoms with van der Waals surface area (Å²) in [4.78, 5) is 12.5. The van der Waals surface area contributed by atoms with Crippen molar-refractivity contribution in [3.05, 3.63) is 59.3 Å². The van der Waals surface area contributed by atoms with Gasteiger partial charge in [-0.05, 0) is 36.8 Å². The highest BCUT2D eigenvalue weighted by molar-refractivity contribution is 5.94. The van der Waals surface area contributed by atoms with Crippen LogP contribution < -0.4 is 19.5 Å². The van der Waals surface area contributed by atoms with Crippen LogP contribution in [0.4, 0.5) is 5.82 Å². The first-order valence-electron chi connectivity index (χ1n) is 9.30. The summed E-state index contributed by atoms with van der Waals surface area (Å²) < 4.78 is 18.1. The lowest BCUT2D eigenvalue weighted by atomic mass is 9.87. The molecule has 2 aromatic carbocycles. The Kier molecular flexibility index (Phi) is 4.88. The number of anilines is 1. The maximum absolute atomic E-state index is 12.5. The molecule has 7 nitrogen and oxygen atoms in total. The number of nitrogens with one attached hydrogen (secondary N) is 1. The Hall–Kier alpha value is -3.48. The van der Waals surface area contributed by atoms with Crippen molar-refractivity contribution in [3.8, 4) is 22.9 Å². The Balaban J connectivity index is 1.82. The molecular weight excluding hydrogens is 370 g/mol. The maximum Gasteiger partial charge on any atom is 0.226 e. The van der Waals surface area contributed by atoms with Gasteiger partial charge in [0.15, 0.2) is 11.5 Å². The number of carbonyl (C=O) groups excluding carboxylic acids is 1. The van der Waals surface area contributed by atoms with Gasteiger partial charge in [-0.3, -0.25) is 4.79 Å². The average Bonchev–Trinajstić information content (AvgIpc) is 3.16. The molecule has 3 aromatic rings. The van der Waals surface area contributed by atoms with Crippen molar-refractivity contribution in [2.24, 2.45) is 0 Å². The second-order valence-electron chi connectivity index (χ2n) is 6.96. The normalized spacial score (nSPS) is 15.4. The quantitative estimate of drug-likeness (QED) is 0.716. The number of ether oxygens (including phenoxy) is 3. The SMILES string of the molecule is COc1cc([C@@H]2CC(=O)Nc3c2cnn3-c2ccc(C)cc2)cc(OC)c1OC. The Labute approximate surface area is 169 Å². The third-order valence-electron chi connectivity index (χ3n) is 5.19. The predicted molar refractivity (Wildman–Crippen MR) is 109 cm³/mol. The van der Waals surface area contributed by atoms with E-state index >= 15 is 0 Å². The standard InChI is InChI=1S/C22H23N3O4/c1-13-5-7-15(8-6-13)25-22-17(12-23-25)16(11-20(26)24-22)14-9-18(27-2)21(29-4)19(10-14)28-3/h5-10,12,16H,11H2,1-4H3,(H,24,26)/t16-/m0/s1. The van der Waals surface area contributed by atoms with Crippen molar-refractivity contribution in [1.29, 1.82) is 0 Å². The fraction of sp³-hybridized carbons (Fsp3) is 0.273. The summed E-state index contributed by atoms with van der Waals surface area (Å²) in [6.45, 7) is 2.03. The summed E-state index contributed by atoms with van der Waals surface area (Å²) in [6.07, 6.45) is 2.12. The van der Waals surface area contributed by atoms with Crippen LogP contribution in [0.5, 0.6) is 17.2 Å². The van der Waals surface area contributed by atoms with Gasteiger partial charge in [0, 0.05) is 17.9 Å². The number of nitrogens with zero attached hydrogens (tertiary/aromatic N) is 2. The molecule has 2 heterocycles. The molecule has 29 heavy (non-hydrogen) atoms. The van der Waals surface area contributed by atoms with Gasteiger partial charge in [-0.15, -0.1) is 0 Å². The van der Waals surface area contributed by atoms with Gasteiger partial charge in [-0.2, -0.15) is 5.10 Å². The molecule has 0 radical (unpaired) electrons. The third kappa shape index (κ3) is 3.29. The zero-order valence-corrected chi connectivity index (χ0v) is 16.9. The van der Waals surface area contributed by atoms with Crippen molar-refractivity contribution >= 4 is 11.7 Å². The van der Waals surface area contributed by atoms with Gasteiger partial charge in [0.05, 0.1) is 33.2 Å². The second-order valence-corrected chi connectivity index (χ2v) is 6.96. The van der Waals surface area contributed by atoms with Gasteiger partial charge in [0.2, 0.25) is 11.7 Å². The molecule has 7 heteroatoms. The molecule has 0 bridgehead atoms. The highest BCUT2D eigenvalue weighted by Gasteiger charge is 2.31. The first-order chi connectivity index (χ1) is 14.0. The van der Waals surface area contributed by atoms with Gasteiger partial charge in [0.25, 0.3) is 0 Å². The number of fused-ring (bicyclic) bond motifs is 1. The van der Waals surface area contributed by atoms with Crippen LogP contribution in [-0.2, 0) is 4.79 Å². The molecule has 0 aliphatic carbocycles. The van der Waals surface area contributed by atoms with Crippen molar-refractivity contribution in [2.45, 2.75) is 19.3 Å². The minimum Gasteiger partial charge on any atom is -0.493 e. The summed E-state index contributed by atoms with van der Waals surface area (Å²) in [5.41, 5.74) is 3.90. The Morgan fingerprint density at radius 2 is 1.69 bits per heavy atom. The molecule has 0 fully saturated rings. The number of aromatic nitrogens is 2. The van der Waals surface area contributed by atoms with E-state index in [4.69, 9.17) is 14.2 Å². The molecule has 1 amide bonds. The Morgan fingerprint density at radius 3 is 2.28 bits per heavy atom. The summed E-state index contributed by atoms with van der Waals surface area (Å²) in [7, 11) is 4.73. The second kappa shape index (κ2) is 7.50. The molecule has 0 saturated carbocycles. The lowest BCUT2D eigenvalue weighted by Gasteiger charge is -2.25. The fourth-order valence-electron chi connectivity index (χ4n) is 3.70. The number of hydrogen-bond acceptors (Lipinski definition) is 5. The molecule has 150 valence electrons. The van der Waals surface area contributed by atoms with Crippen molar-refractivity contribution in [1.82, 2.24) is 9.78 Å². The smallest absolute Gasteiger partial charge is 0.226 e. The molecule has 1 aromatic heterocycles. The Bertz CT molecular complexity index is 1030. The van der Waals surface area contributed by atoms with Crippen molar-refractivity contribution in [2.75, 3.05) is 26.6 Å². The van der Waals surface area contributed by atoms with E-state index in [2.05, 4.69) is 10.4 Å². The first kappa shape index (κ1) is 18.9. The topological polar surface area (TPSA) is 74.6 Å². The summed E-state index contributed by atoms with van der Waals surface area (Å²) in [5.74, 6) is 2.08. The number of methoxy groups -OCH3 is 3. The van der Waals surface area contributed by atoms with Gasteiger partial charge in [0.1, 0.15) is 5.82 Å². The highest BCUT2D eigenvalue weighted by atomic mass is 16.5. The molecular formula is C22H23N3O4. The van der Waals surface area contributed by atoms with Crippen molar-refractivity contribution < 1.29 is 19.0 Å². The highest BCUT2D eigenvalue weighted by Crippen LogP contribution is 2.44. The van der Waals surface area contributed by atoms with E-state index in [0.29, 0.717) is 29.5 Å². The van der Waals surface area contributed by atoms with Gasteiger partial charge >= 0.3 is 0 Å². The van der Waals surface area contributed by atoms with E-state index in [1.165, 1.54) is 0 Å². The number of amides is 1. The van der Waals surface area contributed by atoms with Crippen LogP contribution in [0.3, 0.4) is 0 Å². The minimum atomic E-state index is -0.174.